The quantitative estimate of drug-likeness (QED) is 0.606. The molecular weight excluding hydrogens is 378 g/mol. The van der Waals surface area contributed by atoms with E-state index >= 15 is 0 Å². The van der Waals surface area contributed by atoms with Crippen LogP contribution in [0.4, 0.5) is 0 Å². The van der Waals surface area contributed by atoms with E-state index in [0.29, 0.717) is 34.8 Å². The summed E-state index contributed by atoms with van der Waals surface area (Å²) in [6.45, 7) is 2.95. The van der Waals surface area contributed by atoms with Gasteiger partial charge >= 0.3 is 0 Å². The van der Waals surface area contributed by atoms with Crippen LogP contribution in [0.5, 0.6) is 0 Å². The summed E-state index contributed by atoms with van der Waals surface area (Å²) in [7, 11) is 1.86. The number of aromatic nitrogens is 2. The topological polar surface area (TPSA) is 78.5 Å². The Labute approximate surface area is 168 Å². The number of hydrogen-bond donors (Lipinski definition) is 2. The molecule has 0 saturated carbocycles. The van der Waals surface area contributed by atoms with Crippen LogP contribution in [0.1, 0.15) is 24.4 Å². The molecule has 0 unspecified atom stereocenters. The van der Waals surface area contributed by atoms with Crippen molar-refractivity contribution >= 4 is 22.5 Å². The van der Waals surface area contributed by atoms with E-state index in [1.165, 1.54) is 0 Å². The van der Waals surface area contributed by atoms with Crippen LogP contribution in [-0.2, 0) is 11.3 Å². The number of aromatic amines is 1. The van der Waals surface area contributed by atoms with Crippen molar-refractivity contribution in [2.45, 2.75) is 25.7 Å². The highest BCUT2D eigenvalue weighted by Gasteiger charge is 2.13. The number of likely N-dealkylation sites (N-methyl/N-ethyl adjacent to an activating group) is 1. The number of aliphatic hydroxyl groups excluding tert-OH is 1. The van der Waals surface area contributed by atoms with Crippen molar-refractivity contribution in [1.82, 2.24) is 14.9 Å². The number of H-pyrrole nitrogens is 1. The summed E-state index contributed by atoms with van der Waals surface area (Å²) < 4.78 is 5.76. The van der Waals surface area contributed by atoms with Gasteiger partial charge in [-0.05, 0) is 43.8 Å². The van der Waals surface area contributed by atoms with Crippen molar-refractivity contribution in [1.29, 1.82) is 0 Å². The lowest BCUT2D eigenvalue weighted by molar-refractivity contribution is -0.0140. The van der Waals surface area contributed by atoms with Crippen molar-refractivity contribution in [2.75, 3.05) is 20.2 Å². The maximum absolute atomic E-state index is 12.1. The molecule has 7 heteroatoms. The summed E-state index contributed by atoms with van der Waals surface area (Å²) in [4.78, 5) is 21.3. The molecule has 2 atom stereocenters. The lowest BCUT2D eigenvalue weighted by atomic mass is 10.1. The number of halogens is 1. The summed E-state index contributed by atoms with van der Waals surface area (Å²) >= 11 is 5.90. The van der Waals surface area contributed by atoms with Crippen molar-refractivity contribution in [3.05, 3.63) is 75.3 Å². The molecule has 28 heavy (non-hydrogen) atoms. The number of hydrogen-bond acceptors (Lipinski definition) is 5. The molecule has 3 aromatic rings. The molecule has 0 fully saturated rings. The first-order valence-corrected chi connectivity index (χ1v) is 9.52. The first-order valence-electron chi connectivity index (χ1n) is 9.14. The monoisotopic (exact) mass is 401 g/mol. The summed E-state index contributed by atoms with van der Waals surface area (Å²) in [5, 5.41) is 11.5. The molecule has 0 aliphatic carbocycles. The van der Waals surface area contributed by atoms with Crippen LogP contribution in [0, 0.1) is 0 Å². The zero-order chi connectivity index (χ0) is 20.1. The molecule has 0 aliphatic rings. The second-order valence-corrected chi connectivity index (χ2v) is 7.34. The van der Waals surface area contributed by atoms with E-state index in [-0.39, 0.29) is 18.3 Å². The van der Waals surface area contributed by atoms with E-state index in [1.54, 1.807) is 6.07 Å². The third-order valence-electron chi connectivity index (χ3n) is 4.48. The van der Waals surface area contributed by atoms with Crippen LogP contribution >= 0.6 is 11.6 Å². The normalized spacial score (nSPS) is 13.8. The standard InChI is InChI=1S/C21H24ClN3O3/c1-14(15-7-9-16(22)10-8-15)28-13-17(26)11-25(2)12-20-23-19-6-4-3-5-18(19)21(27)24-20/h3-10,14,17,26H,11-13H2,1-2H3,(H,23,24,27)/t14-,17-/m1/s1. The molecule has 148 valence electrons. The number of rotatable bonds is 8. The van der Waals surface area contributed by atoms with E-state index < -0.39 is 6.10 Å². The summed E-state index contributed by atoms with van der Waals surface area (Å²) in [5.74, 6) is 0.564. The zero-order valence-electron chi connectivity index (χ0n) is 15.9. The van der Waals surface area contributed by atoms with Crippen molar-refractivity contribution in [3.8, 4) is 0 Å². The van der Waals surface area contributed by atoms with Gasteiger partial charge in [0, 0.05) is 11.6 Å². The smallest absolute Gasteiger partial charge is 0.258 e. The first kappa shape index (κ1) is 20.5. The molecule has 1 aromatic heterocycles. The Morgan fingerprint density at radius 2 is 1.93 bits per heavy atom. The molecular formula is C21H24ClN3O3. The average molecular weight is 402 g/mol. The van der Waals surface area contributed by atoms with Crippen molar-refractivity contribution in [3.63, 3.8) is 0 Å². The van der Waals surface area contributed by atoms with Crippen LogP contribution in [0.15, 0.2) is 53.3 Å². The van der Waals surface area contributed by atoms with Gasteiger partial charge in [0.1, 0.15) is 5.82 Å². The van der Waals surface area contributed by atoms with Crippen LogP contribution < -0.4 is 5.56 Å². The predicted octanol–water partition coefficient (Wildman–Crippen LogP) is 3.15. The highest BCUT2D eigenvalue weighted by Crippen LogP contribution is 2.19. The molecule has 2 N–H and O–H groups in total. The lowest BCUT2D eigenvalue weighted by Crippen LogP contribution is -2.33. The highest BCUT2D eigenvalue weighted by molar-refractivity contribution is 6.30. The Morgan fingerprint density at radius 3 is 2.68 bits per heavy atom. The zero-order valence-corrected chi connectivity index (χ0v) is 16.7. The second kappa shape index (κ2) is 9.30. The van der Waals surface area contributed by atoms with Gasteiger partial charge in [-0.1, -0.05) is 35.9 Å². The molecule has 1 heterocycles. The Kier molecular flexibility index (Phi) is 6.80. The fraction of sp³-hybridized carbons (Fsp3) is 0.333. The van der Waals surface area contributed by atoms with Gasteiger partial charge in [0.05, 0.1) is 36.3 Å². The van der Waals surface area contributed by atoms with Gasteiger partial charge in [0.15, 0.2) is 0 Å². The minimum Gasteiger partial charge on any atom is -0.389 e. The van der Waals surface area contributed by atoms with Crippen LogP contribution in [-0.4, -0.2) is 46.3 Å². The molecule has 0 spiro atoms. The van der Waals surface area contributed by atoms with Gasteiger partial charge in [0.25, 0.3) is 5.56 Å². The van der Waals surface area contributed by atoms with Crippen LogP contribution in [0.2, 0.25) is 5.02 Å². The Balaban J connectivity index is 1.52. The number of para-hydroxylation sites is 1. The first-order chi connectivity index (χ1) is 13.4. The van der Waals surface area contributed by atoms with E-state index in [0.717, 1.165) is 5.56 Å². The van der Waals surface area contributed by atoms with Gasteiger partial charge < -0.3 is 14.8 Å². The van der Waals surface area contributed by atoms with E-state index in [1.807, 2.05) is 61.3 Å². The van der Waals surface area contributed by atoms with Gasteiger partial charge in [-0.25, -0.2) is 4.98 Å². The molecule has 2 aromatic carbocycles. The minimum absolute atomic E-state index is 0.143. The summed E-state index contributed by atoms with van der Waals surface area (Å²) in [6.07, 6.45) is -0.803. The van der Waals surface area contributed by atoms with E-state index in [2.05, 4.69) is 9.97 Å². The average Bonchev–Trinajstić information content (AvgIpc) is 2.66. The number of benzene rings is 2. The summed E-state index contributed by atoms with van der Waals surface area (Å²) in [5.41, 5.74) is 1.51. The predicted molar refractivity (Wildman–Crippen MR) is 111 cm³/mol. The van der Waals surface area contributed by atoms with E-state index in [4.69, 9.17) is 16.3 Å². The molecule has 0 radical (unpaired) electrons. The van der Waals surface area contributed by atoms with Gasteiger partial charge in [-0.15, -0.1) is 0 Å². The second-order valence-electron chi connectivity index (χ2n) is 6.91. The fourth-order valence-corrected chi connectivity index (χ4v) is 3.15. The Bertz CT molecular complexity index is 975. The molecule has 0 amide bonds. The highest BCUT2D eigenvalue weighted by atomic mass is 35.5. The van der Waals surface area contributed by atoms with Crippen molar-refractivity contribution in [2.24, 2.45) is 0 Å². The Morgan fingerprint density at radius 1 is 1.21 bits per heavy atom. The molecule has 6 nitrogen and oxygen atoms in total. The number of fused-ring (bicyclic) bond motifs is 1. The molecule has 3 rings (SSSR count). The minimum atomic E-state index is -0.660. The third-order valence-corrected chi connectivity index (χ3v) is 4.73. The number of nitrogens with zero attached hydrogens (tertiary/aromatic N) is 2. The van der Waals surface area contributed by atoms with E-state index in [9.17, 15) is 9.90 Å². The number of nitrogens with one attached hydrogen (secondary N) is 1. The van der Waals surface area contributed by atoms with Crippen LogP contribution in [0.25, 0.3) is 10.9 Å². The molecule has 0 bridgehead atoms. The number of aliphatic hydroxyl groups is 1. The maximum Gasteiger partial charge on any atom is 0.258 e. The maximum atomic E-state index is 12.1. The molecule has 0 aliphatic heterocycles. The van der Waals surface area contributed by atoms with Gasteiger partial charge in [-0.3, -0.25) is 9.69 Å². The number of ether oxygens (including phenoxy) is 1. The third kappa shape index (κ3) is 5.39. The Hall–Kier alpha value is -2.25. The largest absolute Gasteiger partial charge is 0.389 e. The van der Waals surface area contributed by atoms with Crippen molar-refractivity contribution < 1.29 is 9.84 Å². The van der Waals surface area contributed by atoms with Gasteiger partial charge in [0.2, 0.25) is 0 Å². The summed E-state index contributed by atoms with van der Waals surface area (Å²) in [6, 6.07) is 14.7. The fourth-order valence-electron chi connectivity index (χ4n) is 3.03. The van der Waals surface area contributed by atoms with Gasteiger partial charge in [-0.2, -0.15) is 0 Å². The molecule has 0 saturated heterocycles. The lowest BCUT2D eigenvalue weighted by Gasteiger charge is -2.22. The SMILES string of the molecule is C[C@@H](OC[C@H](O)CN(C)Cc1nc2ccccc2c(=O)[nH]1)c1ccc(Cl)cc1. The van der Waals surface area contributed by atoms with Crippen LogP contribution in [0.3, 0.4) is 0 Å².